The molecule has 2 atom stereocenters. The van der Waals surface area contributed by atoms with Gasteiger partial charge in [0.05, 0.1) is 12.2 Å². The molecular formula is C23H34IN5O. The summed E-state index contributed by atoms with van der Waals surface area (Å²) >= 11 is 0. The minimum atomic E-state index is -0.866. The van der Waals surface area contributed by atoms with Crippen molar-refractivity contribution < 1.29 is 5.11 Å². The standard InChI is InChI=1S/C23H33N5O.HI/c1-4-24-22(25-15-23(29)12-11-17-7-5-6-8-20(17)23)26-19-10-9-18-14-28(16(2)3)27-21(18)13-19;/h5-8,14,16,19,29H,4,9-13,15H2,1-3H3,(H2,24,25,26);1H. The molecule has 1 heterocycles. The topological polar surface area (TPSA) is 74.5 Å². The number of nitrogens with zero attached hydrogens (tertiary/aromatic N) is 3. The van der Waals surface area contributed by atoms with Crippen LogP contribution in [0.4, 0.5) is 0 Å². The Kier molecular flexibility index (Phi) is 7.44. The molecule has 1 aromatic carbocycles. The van der Waals surface area contributed by atoms with Crippen LogP contribution in [0.5, 0.6) is 0 Å². The number of halogens is 1. The van der Waals surface area contributed by atoms with Crippen LogP contribution in [0, 0.1) is 0 Å². The van der Waals surface area contributed by atoms with E-state index in [1.54, 1.807) is 0 Å². The molecule has 0 amide bonds. The van der Waals surface area contributed by atoms with E-state index in [0.29, 0.717) is 18.6 Å². The van der Waals surface area contributed by atoms with Crippen molar-refractivity contribution in [3.05, 3.63) is 52.8 Å². The molecule has 0 fully saturated rings. The normalized spacial score (nSPS) is 23.0. The van der Waals surface area contributed by atoms with Gasteiger partial charge < -0.3 is 15.7 Å². The Balaban J connectivity index is 0.00000256. The fraction of sp³-hybridized carbons (Fsp3) is 0.565. The molecule has 0 bridgehead atoms. The number of aliphatic imine (C=N–C) groups is 1. The van der Waals surface area contributed by atoms with E-state index in [9.17, 15) is 5.11 Å². The minimum Gasteiger partial charge on any atom is -0.383 e. The lowest BCUT2D eigenvalue weighted by Crippen LogP contribution is -2.46. The highest BCUT2D eigenvalue weighted by molar-refractivity contribution is 14.0. The van der Waals surface area contributed by atoms with Crippen LogP contribution in [0.15, 0.2) is 35.5 Å². The molecule has 30 heavy (non-hydrogen) atoms. The molecule has 2 aromatic rings. The summed E-state index contributed by atoms with van der Waals surface area (Å²) in [4.78, 5) is 4.77. The predicted octanol–water partition coefficient (Wildman–Crippen LogP) is 3.33. The maximum absolute atomic E-state index is 11.2. The second kappa shape index (κ2) is 9.68. The van der Waals surface area contributed by atoms with Gasteiger partial charge in [0.1, 0.15) is 5.60 Å². The van der Waals surface area contributed by atoms with Gasteiger partial charge in [-0.05, 0) is 63.1 Å². The molecule has 2 aliphatic rings. The maximum Gasteiger partial charge on any atom is 0.191 e. The summed E-state index contributed by atoms with van der Waals surface area (Å²) in [6.45, 7) is 7.56. The molecule has 1 aromatic heterocycles. The van der Waals surface area contributed by atoms with E-state index < -0.39 is 5.60 Å². The van der Waals surface area contributed by atoms with E-state index in [-0.39, 0.29) is 24.0 Å². The summed E-state index contributed by atoms with van der Waals surface area (Å²) in [6, 6.07) is 8.87. The summed E-state index contributed by atoms with van der Waals surface area (Å²) in [5.74, 6) is 0.780. The number of benzene rings is 1. The van der Waals surface area contributed by atoms with Gasteiger partial charge in [-0.15, -0.1) is 24.0 Å². The van der Waals surface area contributed by atoms with E-state index in [1.165, 1.54) is 16.8 Å². The van der Waals surface area contributed by atoms with E-state index in [1.807, 2.05) is 18.2 Å². The van der Waals surface area contributed by atoms with Crippen molar-refractivity contribution in [2.24, 2.45) is 4.99 Å². The van der Waals surface area contributed by atoms with Crippen LogP contribution >= 0.6 is 24.0 Å². The predicted molar refractivity (Wildman–Crippen MR) is 132 cm³/mol. The maximum atomic E-state index is 11.2. The zero-order valence-electron chi connectivity index (χ0n) is 18.2. The molecule has 0 spiro atoms. The number of fused-ring (bicyclic) bond motifs is 2. The Morgan fingerprint density at radius 1 is 1.30 bits per heavy atom. The number of aromatic nitrogens is 2. The molecule has 2 aliphatic carbocycles. The van der Waals surface area contributed by atoms with Crippen LogP contribution in [0.25, 0.3) is 0 Å². The van der Waals surface area contributed by atoms with Crippen LogP contribution in [0.1, 0.15) is 62.0 Å². The number of nitrogens with one attached hydrogen (secondary N) is 2. The lowest BCUT2D eigenvalue weighted by Gasteiger charge is -2.26. The Morgan fingerprint density at radius 3 is 2.87 bits per heavy atom. The average Bonchev–Trinajstić information content (AvgIpc) is 3.28. The van der Waals surface area contributed by atoms with Gasteiger partial charge in [-0.1, -0.05) is 24.3 Å². The zero-order chi connectivity index (χ0) is 20.4. The lowest BCUT2D eigenvalue weighted by atomic mass is 9.94. The van der Waals surface area contributed by atoms with E-state index in [0.717, 1.165) is 50.2 Å². The molecule has 0 aliphatic heterocycles. The van der Waals surface area contributed by atoms with Gasteiger partial charge in [-0.3, -0.25) is 4.68 Å². The molecule has 4 rings (SSSR count). The van der Waals surface area contributed by atoms with Gasteiger partial charge >= 0.3 is 0 Å². The smallest absolute Gasteiger partial charge is 0.191 e. The third-order valence-corrected chi connectivity index (χ3v) is 6.14. The van der Waals surface area contributed by atoms with Gasteiger partial charge in [-0.2, -0.15) is 5.10 Å². The first-order valence-corrected chi connectivity index (χ1v) is 10.9. The molecule has 3 N–H and O–H groups in total. The Hall–Kier alpha value is -1.61. The monoisotopic (exact) mass is 523 g/mol. The van der Waals surface area contributed by atoms with Crippen LogP contribution in [-0.2, 0) is 24.9 Å². The number of guanidine groups is 1. The van der Waals surface area contributed by atoms with Crippen LogP contribution < -0.4 is 10.6 Å². The van der Waals surface area contributed by atoms with Crippen molar-refractivity contribution in [3.63, 3.8) is 0 Å². The minimum absolute atomic E-state index is 0. The molecule has 0 saturated heterocycles. The quantitative estimate of drug-likeness (QED) is 0.320. The summed E-state index contributed by atoms with van der Waals surface area (Å²) in [5.41, 5.74) is 3.97. The first kappa shape index (κ1) is 23.1. The molecule has 6 nitrogen and oxygen atoms in total. The van der Waals surface area contributed by atoms with E-state index >= 15 is 0 Å². The van der Waals surface area contributed by atoms with Crippen molar-refractivity contribution in [1.29, 1.82) is 0 Å². The highest BCUT2D eigenvalue weighted by Gasteiger charge is 2.36. The molecule has 2 unspecified atom stereocenters. The number of aryl methyl sites for hydroxylation is 2. The van der Waals surface area contributed by atoms with Crippen molar-refractivity contribution in [2.75, 3.05) is 13.1 Å². The number of rotatable bonds is 5. The van der Waals surface area contributed by atoms with Gasteiger partial charge in [0.15, 0.2) is 5.96 Å². The van der Waals surface area contributed by atoms with Gasteiger partial charge in [0.2, 0.25) is 0 Å². The number of aliphatic hydroxyl groups is 1. The fourth-order valence-electron chi connectivity index (χ4n) is 4.46. The second-order valence-corrected chi connectivity index (χ2v) is 8.64. The largest absolute Gasteiger partial charge is 0.383 e. The second-order valence-electron chi connectivity index (χ2n) is 8.64. The van der Waals surface area contributed by atoms with E-state index in [4.69, 9.17) is 10.1 Å². The first-order chi connectivity index (χ1) is 14.0. The molecular weight excluding hydrogens is 489 g/mol. The van der Waals surface area contributed by atoms with E-state index in [2.05, 4.69) is 48.3 Å². The SMILES string of the molecule is CCNC(=NCC1(O)CCc2ccccc21)NC1CCc2cn(C(C)C)nc2C1.I. The molecule has 7 heteroatoms. The fourth-order valence-corrected chi connectivity index (χ4v) is 4.46. The lowest BCUT2D eigenvalue weighted by molar-refractivity contribution is 0.0485. The van der Waals surface area contributed by atoms with Crippen molar-refractivity contribution in [1.82, 2.24) is 20.4 Å². The summed E-state index contributed by atoms with van der Waals surface area (Å²) in [6.07, 6.45) is 6.85. The number of hydrogen-bond acceptors (Lipinski definition) is 3. The van der Waals surface area contributed by atoms with Crippen molar-refractivity contribution in [2.45, 2.75) is 70.6 Å². The zero-order valence-corrected chi connectivity index (χ0v) is 20.5. The summed E-state index contributed by atoms with van der Waals surface area (Å²) < 4.78 is 2.07. The van der Waals surface area contributed by atoms with Crippen LogP contribution in [0.3, 0.4) is 0 Å². The summed E-state index contributed by atoms with van der Waals surface area (Å²) in [7, 11) is 0. The number of hydrogen-bond donors (Lipinski definition) is 3. The van der Waals surface area contributed by atoms with Crippen molar-refractivity contribution in [3.8, 4) is 0 Å². The third-order valence-electron chi connectivity index (χ3n) is 6.14. The summed E-state index contributed by atoms with van der Waals surface area (Å²) in [5, 5.41) is 22.9. The highest BCUT2D eigenvalue weighted by atomic mass is 127. The van der Waals surface area contributed by atoms with Crippen LogP contribution in [-0.4, -0.2) is 40.0 Å². The van der Waals surface area contributed by atoms with Gasteiger partial charge in [0.25, 0.3) is 0 Å². The molecule has 164 valence electrons. The molecule has 0 radical (unpaired) electrons. The van der Waals surface area contributed by atoms with Crippen molar-refractivity contribution >= 4 is 29.9 Å². The average molecular weight is 523 g/mol. The third kappa shape index (κ3) is 4.82. The highest BCUT2D eigenvalue weighted by Crippen LogP contribution is 2.36. The Bertz CT molecular complexity index is 893. The van der Waals surface area contributed by atoms with Crippen LogP contribution in [0.2, 0.25) is 0 Å². The first-order valence-electron chi connectivity index (χ1n) is 10.9. The Labute approximate surface area is 196 Å². The Morgan fingerprint density at radius 2 is 2.10 bits per heavy atom. The molecule has 0 saturated carbocycles. The van der Waals surface area contributed by atoms with Gasteiger partial charge in [-0.25, -0.2) is 4.99 Å². The van der Waals surface area contributed by atoms with Gasteiger partial charge in [0, 0.05) is 31.2 Å².